The first-order chi connectivity index (χ1) is 21.7. The molecule has 1 N–H and O–H groups in total. The summed E-state index contributed by atoms with van der Waals surface area (Å²) in [5.74, 6) is 0.492. The number of ether oxygens (including phenoxy) is 2. The van der Waals surface area contributed by atoms with E-state index >= 15 is 0 Å². The van der Waals surface area contributed by atoms with E-state index in [1.807, 2.05) is 12.1 Å². The Kier molecular flexibility index (Phi) is 7.20. The van der Waals surface area contributed by atoms with Crippen LogP contribution in [0.4, 0.5) is 18.9 Å². The van der Waals surface area contributed by atoms with Crippen molar-refractivity contribution in [2.45, 2.75) is 75.6 Å². The van der Waals surface area contributed by atoms with E-state index in [0.29, 0.717) is 22.7 Å². The van der Waals surface area contributed by atoms with Crippen molar-refractivity contribution in [3.63, 3.8) is 0 Å². The molecule has 4 aromatic rings. The number of nitrogens with one attached hydrogen (secondary N) is 1. The molecule has 2 aromatic carbocycles. The molecule has 14 heteroatoms. The Morgan fingerprint density at radius 2 is 1.69 bits per heavy atom. The van der Waals surface area contributed by atoms with E-state index < -0.39 is 23.3 Å². The predicted molar refractivity (Wildman–Crippen MR) is 153 cm³/mol. The van der Waals surface area contributed by atoms with Gasteiger partial charge in [0, 0.05) is 34.8 Å². The zero-order chi connectivity index (χ0) is 31.3. The number of para-hydroxylation sites is 1. The van der Waals surface area contributed by atoms with E-state index in [2.05, 4.69) is 24.9 Å². The van der Waals surface area contributed by atoms with Crippen LogP contribution in [0, 0.1) is 11.3 Å². The van der Waals surface area contributed by atoms with Crippen LogP contribution in [0.3, 0.4) is 0 Å². The molecular weight excluding hydrogens is 593 g/mol. The molecule has 3 fully saturated rings. The van der Waals surface area contributed by atoms with Crippen LogP contribution in [0.1, 0.15) is 61.5 Å². The standard InChI is InChI=1S/C31H27F3N6O5/c32-31(33,34)44-26-4-2-1-3-23(26)27-24(28(45-38-27)17-5-6-17)16-43-22-13-20-11-12-21(14-22)39(20)18-7-9-19(10-8-18)40-30(42)36-29(41)25(15-35)37-40/h1-4,7-10,17,20-22H,5-6,11-14,16H2,(H,36,41,42)/t20-,21+,22?. The second-order valence-electron chi connectivity index (χ2n) is 11.5. The number of hydrogen-bond donors (Lipinski definition) is 1. The number of fused-ring (bicyclic) bond motifs is 2. The first kappa shape index (κ1) is 28.8. The van der Waals surface area contributed by atoms with Crippen LogP contribution in [0.2, 0.25) is 0 Å². The van der Waals surface area contributed by atoms with Crippen LogP contribution in [-0.4, -0.2) is 44.5 Å². The number of H-pyrrole nitrogens is 1. The lowest BCUT2D eigenvalue weighted by Crippen LogP contribution is -2.45. The number of aromatic nitrogens is 4. The molecule has 1 unspecified atom stereocenters. The van der Waals surface area contributed by atoms with Gasteiger partial charge in [-0.25, -0.2) is 4.79 Å². The summed E-state index contributed by atoms with van der Waals surface area (Å²) in [6.07, 6.45) is 0.421. The summed E-state index contributed by atoms with van der Waals surface area (Å²) in [5, 5.41) is 17.2. The number of nitrogens with zero attached hydrogens (tertiary/aromatic N) is 5. The fourth-order valence-corrected chi connectivity index (χ4v) is 6.52. The molecule has 2 aliphatic heterocycles. The van der Waals surface area contributed by atoms with E-state index in [0.717, 1.165) is 48.9 Å². The number of hydrogen-bond acceptors (Lipinski definition) is 9. The Morgan fingerprint density at radius 1 is 1.00 bits per heavy atom. The van der Waals surface area contributed by atoms with Gasteiger partial charge >= 0.3 is 12.1 Å². The lowest BCUT2D eigenvalue weighted by molar-refractivity contribution is -0.274. The highest BCUT2D eigenvalue weighted by atomic mass is 19.4. The summed E-state index contributed by atoms with van der Waals surface area (Å²) in [5.41, 5.74) is 0.581. The summed E-state index contributed by atoms with van der Waals surface area (Å²) in [4.78, 5) is 28.4. The molecule has 0 amide bonds. The first-order valence-corrected chi connectivity index (χ1v) is 14.7. The van der Waals surface area contributed by atoms with Crippen LogP contribution in [0.15, 0.2) is 62.6 Å². The highest BCUT2D eigenvalue weighted by Gasteiger charge is 2.42. The van der Waals surface area contributed by atoms with E-state index in [-0.39, 0.29) is 42.0 Å². The van der Waals surface area contributed by atoms with Crippen LogP contribution < -0.4 is 20.9 Å². The molecule has 2 aromatic heterocycles. The Balaban J connectivity index is 1.07. The van der Waals surface area contributed by atoms with Gasteiger partial charge in [0.15, 0.2) is 0 Å². The monoisotopic (exact) mass is 620 g/mol. The minimum absolute atomic E-state index is 0.0668. The SMILES string of the molecule is N#Cc1nn(-c2ccc(N3[C@@H]4CC[C@H]3CC(OCc3c(-c5ccccc5OC(F)(F)F)noc3C3CC3)C4)cc2)c(=O)[nH]c1=O. The molecule has 11 nitrogen and oxygen atoms in total. The molecule has 4 heterocycles. The minimum atomic E-state index is -4.85. The Morgan fingerprint density at radius 3 is 2.36 bits per heavy atom. The van der Waals surface area contributed by atoms with Crippen molar-refractivity contribution < 1.29 is 27.2 Å². The van der Waals surface area contributed by atoms with Gasteiger partial charge in [-0.3, -0.25) is 9.78 Å². The molecule has 232 valence electrons. The van der Waals surface area contributed by atoms with Gasteiger partial charge in [0.1, 0.15) is 23.3 Å². The molecule has 3 atom stereocenters. The van der Waals surface area contributed by atoms with Crippen LogP contribution >= 0.6 is 0 Å². The summed E-state index contributed by atoms with van der Waals surface area (Å²) < 4.78 is 56.8. The van der Waals surface area contributed by atoms with Crippen molar-refractivity contribution in [2.24, 2.45) is 0 Å². The molecule has 3 aliphatic rings. The molecular formula is C31H27F3N6O5. The first-order valence-electron chi connectivity index (χ1n) is 14.7. The van der Waals surface area contributed by atoms with E-state index in [4.69, 9.17) is 14.5 Å². The molecule has 1 saturated carbocycles. The lowest BCUT2D eigenvalue weighted by atomic mass is 9.98. The number of alkyl halides is 3. The van der Waals surface area contributed by atoms with Gasteiger partial charge < -0.3 is 18.9 Å². The third kappa shape index (κ3) is 5.71. The van der Waals surface area contributed by atoms with Crippen LogP contribution in [0.25, 0.3) is 16.9 Å². The van der Waals surface area contributed by atoms with Crippen molar-refractivity contribution >= 4 is 5.69 Å². The fraction of sp³-hybridized carbons (Fsp3) is 0.387. The largest absolute Gasteiger partial charge is 0.573 e. The Hall–Kier alpha value is -4.90. The van der Waals surface area contributed by atoms with E-state index in [9.17, 15) is 22.8 Å². The van der Waals surface area contributed by atoms with Crippen molar-refractivity contribution in [3.8, 4) is 28.8 Å². The van der Waals surface area contributed by atoms with E-state index in [1.54, 1.807) is 24.3 Å². The van der Waals surface area contributed by atoms with Gasteiger partial charge in [-0.1, -0.05) is 17.3 Å². The van der Waals surface area contributed by atoms with Gasteiger partial charge in [0.05, 0.1) is 18.4 Å². The fourth-order valence-electron chi connectivity index (χ4n) is 6.52. The molecule has 2 saturated heterocycles. The highest BCUT2D eigenvalue weighted by Crippen LogP contribution is 2.46. The zero-order valence-corrected chi connectivity index (χ0v) is 23.8. The molecule has 0 radical (unpaired) electrons. The second-order valence-corrected chi connectivity index (χ2v) is 11.5. The van der Waals surface area contributed by atoms with Gasteiger partial charge in [0.2, 0.25) is 5.69 Å². The van der Waals surface area contributed by atoms with Crippen LogP contribution in [0.5, 0.6) is 5.75 Å². The average Bonchev–Trinajstić information content (AvgIpc) is 3.71. The summed E-state index contributed by atoms with van der Waals surface area (Å²) in [6, 6.07) is 15.2. The quantitative estimate of drug-likeness (QED) is 0.290. The number of piperidine rings is 1. The molecule has 45 heavy (non-hydrogen) atoms. The molecule has 0 spiro atoms. The maximum atomic E-state index is 13.1. The van der Waals surface area contributed by atoms with Crippen molar-refractivity contribution in [1.82, 2.24) is 19.9 Å². The maximum absolute atomic E-state index is 13.1. The molecule has 2 bridgehead atoms. The summed E-state index contributed by atoms with van der Waals surface area (Å²) >= 11 is 0. The number of aromatic amines is 1. The summed E-state index contributed by atoms with van der Waals surface area (Å²) in [6.45, 7) is 0.162. The number of halogens is 3. The van der Waals surface area contributed by atoms with Crippen molar-refractivity contribution in [1.29, 1.82) is 5.26 Å². The lowest BCUT2D eigenvalue weighted by Gasteiger charge is -2.40. The highest BCUT2D eigenvalue weighted by molar-refractivity contribution is 5.70. The second kappa shape index (κ2) is 11.2. The maximum Gasteiger partial charge on any atom is 0.573 e. The Labute approximate surface area is 253 Å². The topological polar surface area (TPSA) is 139 Å². The van der Waals surface area contributed by atoms with Crippen molar-refractivity contribution in [2.75, 3.05) is 4.90 Å². The number of anilines is 1. The normalized spacial score (nSPS) is 21.1. The van der Waals surface area contributed by atoms with Gasteiger partial charge in [-0.15, -0.1) is 18.3 Å². The number of rotatable bonds is 8. The zero-order valence-electron chi connectivity index (χ0n) is 23.8. The third-order valence-electron chi connectivity index (χ3n) is 8.61. The number of nitriles is 1. The van der Waals surface area contributed by atoms with Gasteiger partial charge in [-0.2, -0.15) is 9.94 Å². The Bertz CT molecular complexity index is 1880. The molecule has 7 rings (SSSR count). The minimum Gasteiger partial charge on any atom is -0.405 e. The predicted octanol–water partition coefficient (Wildman–Crippen LogP) is 4.94. The van der Waals surface area contributed by atoms with Crippen LogP contribution in [-0.2, 0) is 11.3 Å². The van der Waals surface area contributed by atoms with Gasteiger partial charge in [0.25, 0.3) is 5.56 Å². The third-order valence-corrected chi connectivity index (χ3v) is 8.61. The van der Waals surface area contributed by atoms with Gasteiger partial charge in [-0.05, 0) is 74.9 Å². The number of benzene rings is 2. The molecule has 1 aliphatic carbocycles. The smallest absolute Gasteiger partial charge is 0.405 e. The van der Waals surface area contributed by atoms with Crippen molar-refractivity contribution in [3.05, 3.63) is 86.4 Å². The van der Waals surface area contributed by atoms with E-state index in [1.165, 1.54) is 18.2 Å². The average molecular weight is 621 g/mol. The summed E-state index contributed by atoms with van der Waals surface area (Å²) in [7, 11) is 0.